The molecule has 0 unspecified atom stereocenters. The summed E-state index contributed by atoms with van der Waals surface area (Å²) in [6, 6.07) is 8.50. The van der Waals surface area contributed by atoms with Crippen LogP contribution in [0.25, 0.3) is 27.7 Å². The fourth-order valence-corrected chi connectivity index (χ4v) is 5.17. The Labute approximate surface area is 239 Å². The molecule has 1 fully saturated rings. The Hall–Kier alpha value is -3.16. The predicted molar refractivity (Wildman–Crippen MR) is 173 cm³/mol. The van der Waals surface area contributed by atoms with Gasteiger partial charge in [-0.3, -0.25) is 4.98 Å². The molecule has 1 saturated carbocycles. The summed E-state index contributed by atoms with van der Waals surface area (Å²) in [6.07, 6.45) is 4.21. The summed E-state index contributed by atoms with van der Waals surface area (Å²) in [6.45, 7) is 0.534. The summed E-state index contributed by atoms with van der Waals surface area (Å²) in [4.78, 5) is 16.2. The molecule has 0 amide bonds. The van der Waals surface area contributed by atoms with Gasteiger partial charge in [-0.25, -0.2) is 13.6 Å². The molecule has 4 rings (SSSR count). The van der Waals surface area contributed by atoms with Crippen molar-refractivity contribution in [2.24, 2.45) is 5.92 Å². The monoisotopic (exact) mass is 539 g/mol. The number of alkyl halides is 2. The van der Waals surface area contributed by atoms with Gasteiger partial charge in [-0.2, -0.15) is 0 Å². The fourth-order valence-electron chi connectivity index (χ4n) is 5.17. The number of hydrogen-bond donors (Lipinski definition) is 3. The summed E-state index contributed by atoms with van der Waals surface area (Å²) in [5.41, 5.74) is 4.57. The fraction of sp³-hybridized carbons (Fsp3) is 0.346. The van der Waals surface area contributed by atoms with E-state index in [1.54, 1.807) is 30.5 Å². The largest absolute Gasteiger partial charge is 0.513 e. The highest BCUT2D eigenvalue weighted by molar-refractivity contribution is 6.73. The van der Waals surface area contributed by atoms with Crippen LogP contribution >= 0.6 is 0 Å². The number of halogens is 2. The van der Waals surface area contributed by atoms with E-state index in [1.165, 1.54) is 0 Å². The molecule has 14 heteroatoms. The SMILES string of the molecule is BC(B)(B)C(=N)/C(=C(\O)C(B)(B)B)c1cnc2c(-c3ccc(C(=O)O)cc3)cn(CC3CCC(F)(F)CC3)c2c1. The van der Waals surface area contributed by atoms with Crippen LogP contribution < -0.4 is 0 Å². The van der Waals surface area contributed by atoms with Gasteiger partial charge in [0.2, 0.25) is 5.92 Å². The molecule has 0 radical (unpaired) electrons. The standard InChI is InChI=1S/C26H33B6F2N3O3/c27-25(28,29)21(35)19(22(38)26(30,31)32)16-9-18-20(36-10-16)17(14-1-3-15(4-2-14)23(39)40)12-37(18)11-13-5-7-24(33,34)8-6-13/h1-4,9-10,12-13,35,38H,5-8,11,27-32H2,(H,39,40)/b22-19-,35-21?. The normalized spacial score (nSPS) is 16.9. The highest BCUT2D eigenvalue weighted by Crippen LogP contribution is 2.40. The smallest absolute Gasteiger partial charge is 0.335 e. The van der Waals surface area contributed by atoms with E-state index < -0.39 is 22.1 Å². The lowest BCUT2D eigenvalue weighted by Crippen LogP contribution is -2.28. The molecule has 1 aliphatic carbocycles. The molecule has 0 saturated heterocycles. The number of allylic oxidation sites excluding steroid dienone is 2. The second-order valence-electron chi connectivity index (χ2n) is 13.1. The summed E-state index contributed by atoms with van der Waals surface area (Å²) in [7, 11) is 11.5. The van der Waals surface area contributed by atoms with Crippen molar-refractivity contribution in [3.63, 3.8) is 0 Å². The van der Waals surface area contributed by atoms with Crippen molar-refractivity contribution in [2.45, 2.75) is 48.4 Å². The molecule has 3 aromatic rings. The molecule has 0 aliphatic heterocycles. The van der Waals surface area contributed by atoms with Crippen LogP contribution in [0.15, 0.2) is 48.5 Å². The molecular formula is C26H33B6F2N3O3. The van der Waals surface area contributed by atoms with Gasteiger partial charge in [-0.1, -0.05) is 22.4 Å². The van der Waals surface area contributed by atoms with E-state index in [9.17, 15) is 23.8 Å². The van der Waals surface area contributed by atoms with Crippen molar-refractivity contribution in [3.8, 4) is 11.1 Å². The second-order valence-corrected chi connectivity index (χ2v) is 13.1. The van der Waals surface area contributed by atoms with E-state index in [0.29, 0.717) is 36.0 Å². The van der Waals surface area contributed by atoms with Gasteiger partial charge in [0.1, 0.15) is 0 Å². The summed E-state index contributed by atoms with van der Waals surface area (Å²) < 4.78 is 29.8. The van der Waals surface area contributed by atoms with Gasteiger partial charge in [-0.15, -0.1) is 0 Å². The van der Waals surface area contributed by atoms with Gasteiger partial charge in [0.05, 0.1) is 69.4 Å². The molecule has 6 nitrogen and oxygen atoms in total. The van der Waals surface area contributed by atoms with Crippen LogP contribution in [-0.4, -0.2) is 84.4 Å². The number of nitrogens with one attached hydrogen (secondary N) is 1. The van der Waals surface area contributed by atoms with Crippen molar-refractivity contribution >= 4 is 75.4 Å². The van der Waals surface area contributed by atoms with E-state index in [-0.39, 0.29) is 35.8 Å². The Morgan fingerprint density at radius 3 is 2.15 bits per heavy atom. The van der Waals surface area contributed by atoms with Crippen LogP contribution in [0.2, 0.25) is 10.2 Å². The number of nitrogens with zero attached hydrogens (tertiary/aromatic N) is 2. The summed E-state index contributed by atoms with van der Waals surface area (Å²) >= 11 is 0. The third-order valence-corrected chi connectivity index (χ3v) is 7.69. The van der Waals surface area contributed by atoms with E-state index in [2.05, 4.69) is 0 Å². The van der Waals surface area contributed by atoms with Crippen molar-refractivity contribution in [1.29, 1.82) is 5.41 Å². The lowest BCUT2D eigenvalue weighted by Gasteiger charge is -2.29. The maximum absolute atomic E-state index is 13.9. The molecule has 2 heterocycles. The number of carbonyl (C=O) groups is 1. The highest BCUT2D eigenvalue weighted by Gasteiger charge is 2.35. The molecule has 40 heavy (non-hydrogen) atoms. The number of hydrogen-bond acceptors (Lipinski definition) is 4. The average Bonchev–Trinajstić information content (AvgIpc) is 3.22. The number of carboxylic acid groups (broad SMARTS) is 1. The first-order valence-corrected chi connectivity index (χ1v) is 13.7. The van der Waals surface area contributed by atoms with Crippen LogP contribution in [0.5, 0.6) is 0 Å². The highest BCUT2D eigenvalue weighted by atomic mass is 19.3. The Balaban J connectivity index is 1.89. The molecule has 0 bridgehead atoms. The van der Waals surface area contributed by atoms with E-state index in [4.69, 9.17) is 10.4 Å². The molecule has 202 valence electrons. The molecule has 1 aromatic carbocycles. The third kappa shape index (κ3) is 6.26. The molecule has 1 aliphatic rings. The number of carboxylic acids is 1. The van der Waals surface area contributed by atoms with Gasteiger partial charge >= 0.3 is 5.97 Å². The first-order chi connectivity index (χ1) is 18.5. The summed E-state index contributed by atoms with van der Waals surface area (Å²) in [5.74, 6) is -3.44. The topological polar surface area (TPSA) is 99.2 Å². The van der Waals surface area contributed by atoms with Gasteiger partial charge < -0.3 is 20.2 Å². The van der Waals surface area contributed by atoms with Crippen molar-refractivity contribution in [3.05, 3.63) is 59.6 Å². The second kappa shape index (κ2) is 10.7. The quantitative estimate of drug-likeness (QED) is 0.221. The van der Waals surface area contributed by atoms with Crippen molar-refractivity contribution < 1.29 is 23.8 Å². The zero-order valence-corrected chi connectivity index (χ0v) is 24.1. The summed E-state index contributed by atoms with van der Waals surface area (Å²) in [5, 5.41) is 28.5. The van der Waals surface area contributed by atoms with Crippen LogP contribution in [0, 0.1) is 11.3 Å². The zero-order chi connectivity index (χ0) is 29.6. The number of aliphatic hydroxyl groups excluding tert-OH is 1. The van der Waals surface area contributed by atoms with E-state index in [0.717, 1.165) is 16.6 Å². The minimum absolute atomic E-state index is 0.0759. The average molecular weight is 538 g/mol. The minimum atomic E-state index is -2.61. The van der Waals surface area contributed by atoms with Crippen LogP contribution in [0.3, 0.4) is 0 Å². The predicted octanol–water partition coefficient (Wildman–Crippen LogP) is 0.462. The Kier molecular flexibility index (Phi) is 7.96. The number of rotatable bonds is 8. The maximum Gasteiger partial charge on any atom is 0.335 e. The number of fused-ring (bicyclic) bond motifs is 1. The van der Waals surface area contributed by atoms with Crippen molar-refractivity contribution in [1.82, 2.24) is 9.55 Å². The molecule has 2 aromatic heterocycles. The molecule has 0 spiro atoms. The van der Waals surface area contributed by atoms with Crippen molar-refractivity contribution in [2.75, 3.05) is 0 Å². The number of aromatic carboxylic acids is 1. The van der Waals surface area contributed by atoms with Crippen LogP contribution in [-0.2, 0) is 6.54 Å². The molecular weight excluding hydrogens is 505 g/mol. The van der Waals surface area contributed by atoms with Gasteiger partial charge in [-0.05, 0) is 42.5 Å². The van der Waals surface area contributed by atoms with Gasteiger partial charge in [0, 0.05) is 54.2 Å². The minimum Gasteiger partial charge on any atom is -0.513 e. The number of aliphatic hydroxyl groups is 1. The van der Waals surface area contributed by atoms with Crippen LogP contribution in [0.1, 0.15) is 41.6 Å². The Morgan fingerprint density at radius 2 is 1.62 bits per heavy atom. The third-order valence-electron chi connectivity index (χ3n) is 7.69. The molecule has 3 N–H and O–H groups in total. The Morgan fingerprint density at radius 1 is 1.02 bits per heavy atom. The lowest BCUT2D eigenvalue weighted by atomic mass is 9.38. The number of pyridine rings is 1. The zero-order valence-electron chi connectivity index (χ0n) is 24.1. The van der Waals surface area contributed by atoms with Gasteiger partial charge in [0.25, 0.3) is 0 Å². The van der Waals surface area contributed by atoms with E-state index in [1.807, 2.05) is 63.9 Å². The van der Waals surface area contributed by atoms with E-state index >= 15 is 0 Å². The first kappa shape index (κ1) is 29.8. The number of benzene rings is 1. The maximum atomic E-state index is 13.9. The van der Waals surface area contributed by atoms with Gasteiger partial charge in [0.15, 0.2) is 0 Å². The lowest BCUT2D eigenvalue weighted by molar-refractivity contribution is -0.0472. The molecule has 0 atom stereocenters. The Bertz CT molecular complexity index is 1480. The first-order valence-electron chi connectivity index (χ1n) is 13.7. The number of aromatic nitrogens is 2. The van der Waals surface area contributed by atoms with Crippen LogP contribution in [0.4, 0.5) is 8.78 Å².